The average molecular weight is 577 g/mol. The fraction of sp³-hybridized carbons (Fsp3) is 0.286. The summed E-state index contributed by atoms with van der Waals surface area (Å²) in [4.78, 5) is 28.4. The monoisotopic (exact) mass is 575 g/mol. The van der Waals surface area contributed by atoms with E-state index in [1.54, 1.807) is 30.3 Å². The molecule has 0 aliphatic rings. The summed E-state index contributed by atoms with van der Waals surface area (Å²) in [6.45, 7) is 1.40. The Balaban J connectivity index is 2.06. The second kappa shape index (κ2) is 13.1. The summed E-state index contributed by atoms with van der Waals surface area (Å²) in [5, 5.41) is 3.30. The number of anilines is 1. The minimum absolute atomic E-state index is 0.0887. The van der Waals surface area contributed by atoms with Gasteiger partial charge in [-0.1, -0.05) is 78.7 Å². The molecule has 7 nitrogen and oxygen atoms in total. The first kappa shape index (κ1) is 29.5. The van der Waals surface area contributed by atoms with Crippen molar-refractivity contribution in [3.63, 3.8) is 0 Å². The second-order valence-corrected chi connectivity index (χ2v) is 11.6. The van der Waals surface area contributed by atoms with Gasteiger partial charge in [0.05, 0.1) is 11.9 Å². The Morgan fingerprint density at radius 1 is 0.895 bits per heavy atom. The molecule has 202 valence electrons. The van der Waals surface area contributed by atoms with Gasteiger partial charge in [0, 0.05) is 35.6 Å². The van der Waals surface area contributed by atoms with E-state index in [1.165, 1.54) is 11.9 Å². The molecule has 1 atom stereocenters. The Hall–Kier alpha value is -3.07. The number of hydrogen-bond donors (Lipinski definition) is 1. The Morgan fingerprint density at radius 3 is 2.03 bits per heavy atom. The Kier molecular flexibility index (Phi) is 10.2. The van der Waals surface area contributed by atoms with Crippen molar-refractivity contribution in [2.45, 2.75) is 32.4 Å². The van der Waals surface area contributed by atoms with Gasteiger partial charge in [0.1, 0.15) is 12.6 Å². The van der Waals surface area contributed by atoms with Gasteiger partial charge in [-0.15, -0.1) is 0 Å². The minimum Gasteiger partial charge on any atom is -0.357 e. The number of nitrogens with one attached hydrogen (secondary N) is 1. The van der Waals surface area contributed by atoms with Gasteiger partial charge in [-0.05, 0) is 41.8 Å². The zero-order chi connectivity index (χ0) is 27.9. The SMILES string of the molecule is CCc1ccc(N(CC(=O)N(Cc2c(Cl)cccc2Cl)[C@H](Cc2ccccc2)C(=O)NC)S(C)(=O)=O)cc1. The lowest BCUT2D eigenvalue weighted by molar-refractivity contribution is -0.139. The topological polar surface area (TPSA) is 86.8 Å². The lowest BCUT2D eigenvalue weighted by atomic mass is 10.0. The highest BCUT2D eigenvalue weighted by molar-refractivity contribution is 7.92. The molecule has 0 spiro atoms. The quantitative estimate of drug-likeness (QED) is 0.359. The Bertz CT molecular complexity index is 1350. The van der Waals surface area contributed by atoms with E-state index in [-0.39, 0.29) is 13.0 Å². The molecule has 0 heterocycles. The van der Waals surface area contributed by atoms with Crippen molar-refractivity contribution in [1.29, 1.82) is 0 Å². The Labute approximate surface area is 234 Å². The summed E-state index contributed by atoms with van der Waals surface area (Å²) in [6, 6.07) is 20.3. The van der Waals surface area contributed by atoms with Crippen LogP contribution in [-0.4, -0.2) is 51.0 Å². The molecule has 1 N–H and O–H groups in total. The highest BCUT2D eigenvalue weighted by Crippen LogP contribution is 2.28. The second-order valence-electron chi connectivity index (χ2n) is 8.83. The number of halogens is 2. The predicted molar refractivity (Wildman–Crippen MR) is 153 cm³/mol. The lowest BCUT2D eigenvalue weighted by Crippen LogP contribution is -2.53. The predicted octanol–water partition coefficient (Wildman–Crippen LogP) is 4.71. The summed E-state index contributed by atoms with van der Waals surface area (Å²) in [5.41, 5.74) is 2.68. The summed E-state index contributed by atoms with van der Waals surface area (Å²) >= 11 is 12.9. The van der Waals surface area contributed by atoms with Crippen LogP contribution in [0.5, 0.6) is 0 Å². The van der Waals surface area contributed by atoms with Crippen molar-refractivity contribution in [2.75, 3.05) is 24.2 Å². The van der Waals surface area contributed by atoms with Crippen molar-refractivity contribution < 1.29 is 18.0 Å². The highest BCUT2D eigenvalue weighted by Gasteiger charge is 2.33. The van der Waals surface area contributed by atoms with E-state index in [1.807, 2.05) is 49.4 Å². The number of amides is 2. The third-order valence-electron chi connectivity index (χ3n) is 6.22. The molecule has 0 aromatic heterocycles. The maximum Gasteiger partial charge on any atom is 0.244 e. The van der Waals surface area contributed by atoms with Crippen molar-refractivity contribution in [3.8, 4) is 0 Å². The van der Waals surface area contributed by atoms with Gasteiger partial charge in [0.2, 0.25) is 21.8 Å². The Morgan fingerprint density at radius 2 is 1.50 bits per heavy atom. The van der Waals surface area contributed by atoms with E-state index < -0.39 is 34.4 Å². The third-order valence-corrected chi connectivity index (χ3v) is 8.07. The average Bonchev–Trinajstić information content (AvgIpc) is 2.90. The first-order chi connectivity index (χ1) is 18.0. The molecule has 10 heteroatoms. The number of aryl methyl sites for hydroxylation is 1. The molecule has 0 fully saturated rings. The number of sulfonamides is 1. The summed E-state index contributed by atoms with van der Waals surface area (Å²) in [7, 11) is -2.34. The molecule has 3 aromatic rings. The van der Waals surface area contributed by atoms with Crippen LogP contribution in [0.1, 0.15) is 23.6 Å². The van der Waals surface area contributed by atoms with Gasteiger partial charge in [-0.2, -0.15) is 0 Å². The van der Waals surface area contributed by atoms with Crippen molar-refractivity contribution in [2.24, 2.45) is 0 Å². The fourth-order valence-electron chi connectivity index (χ4n) is 4.09. The van der Waals surface area contributed by atoms with Crippen LogP contribution in [-0.2, 0) is 39.0 Å². The van der Waals surface area contributed by atoms with Crippen LogP contribution in [0, 0.1) is 0 Å². The van der Waals surface area contributed by atoms with E-state index in [0.717, 1.165) is 28.1 Å². The number of carbonyl (C=O) groups excluding carboxylic acids is 2. The molecular weight excluding hydrogens is 545 g/mol. The zero-order valence-electron chi connectivity index (χ0n) is 21.5. The summed E-state index contributed by atoms with van der Waals surface area (Å²) < 4.78 is 26.6. The van der Waals surface area contributed by atoms with E-state index in [0.29, 0.717) is 21.3 Å². The minimum atomic E-state index is -3.83. The van der Waals surface area contributed by atoms with Gasteiger partial charge in [-0.25, -0.2) is 8.42 Å². The maximum absolute atomic E-state index is 13.9. The fourth-order valence-corrected chi connectivity index (χ4v) is 5.45. The highest BCUT2D eigenvalue weighted by atomic mass is 35.5. The number of rotatable bonds is 11. The van der Waals surface area contributed by atoms with Crippen LogP contribution >= 0.6 is 23.2 Å². The lowest BCUT2D eigenvalue weighted by Gasteiger charge is -2.33. The number of nitrogens with zero attached hydrogens (tertiary/aromatic N) is 2. The van der Waals surface area contributed by atoms with Crippen LogP contribution in [0.25, 0.3) is 0 Å². The number of hydrogen-bond acceptors (Lipinski definition) is 4. The van der Waals surface area contributed by atoms with Gasteiger partial charge in [0.15, 0.2) is 0 Å². The molecule has 2 amide bonds. The van der Waals surface area contributed by atoms with Gasteiger partial charge < -0.3 is 10.2 Å². The van der Waals surface area contributed by atoms with Crippen molar-refractivity contribution in [3.05, 3.63) is 99.5 Å². The summed E-state index contributed by atoms with van der Waals surface area (Å²) in [5.74, 6) is -0.973. The smallest absolute Gasteiger partial charge is 0.244 e. The summed E-state index contributed by atoms with van der Waals surface area (Å²) in [6.07, 6.45) is 2.04. The molecular formula is C28H31Cl2N3O4S. The first-order valence-corrected chi connectivity index (χ1v) is 14.7. The molecule has 0 unspecified atom stereocenters. The molecule has 0 aliphatic heterocycles. The van der Waals surface area contributed by atoms with E-state index >= 15 is 0 Å². The zero-order valence-corrected chi connectivity index (χ0v) is 23.9. The van der Waals surface area contributed by atoms with Crippen molar-refractivity contribution >= 4 is 50.7 Å². The molecule has 3 aromatic carbocycles. The van der Waals surface area contributed by atoms with Crippen LogP contribution in [0.15, 0.2) is 72.8 Å². The van der Waals surface area contributed by atoms with Gasteiger partial charge in [-0.3, -0.25) is 13.9 Å². The normalized spacial score (nSPS) is 12.0. The van der Waals surface area contributed by atoms with Crippen LogP contribution < -0.4 is 9.62 Å². The molecule has 0 radical (unpaired) electrons. The third kappa shape index (κ3) is 7.49. The number of carbonyl (C=O) groups is 2. The maximum atomic E-state index is 13.9. The van der Waals surface area contributed by atoms with Crippen LogP contribution in [0.2, 0.25) is 10.0 Å². The standard InChI is InChI=1S/C28H31Cl2N3O4S/c1-4-20-13-15-22(16-14-20)33(38(3,36)37)19-27(34)32(18-23-24(29)11-8-12-25(23)30)26(28(35)31-2)17-21-9-6-5-7-10-21/h5-16,26H,4,17-19H2,1-3H3,(H,31,35)/t26-/m1/s1. The molecule has 0 saturated heterocycles. The molecule has 0 saturated carbocycles. The van der Waals surface area contributed by atoms with E-state index in [2.05, 4.69) is 5.32 Å². The first-order valence-electron chi connectivity index (χ1n) is 12.1. The van der Waals surface area contributed by atoms with E-state index in [4.69, 9.17) is 23.2 Å². The molecule has 3 rings (SSSR count). The largest absolute Gasteiger partial charge is 0.357 e. The van der Waals surface area contributed by atoms with Gasteiger partial charge >= 0.3 is 0 Å². The molecule has 0 bridgehead atoms. The van der Waals surface area contributed by atoms with Crippen LogP contribution in [0.4, 0.5) is 5.69 Å². The number of likely N-dealkylation sites (N-methyl/N-ethyl adjacent to an activating group) is 1. The van der Waals surface area contributed by atoms with Gasteiger partial charge in [0.25, 0.3) is 0 Å². The van der Waals surface area contributed by atoms with Crippen molar-refractivity contribution in [1.82, 2.24) is 10.2 Å². The number of benzene rings is 3. The molecule has 0 aliphatic carbocycles. The molecule has 38 heavy (non-hydrogen) atoms. The van der Waals surface area contributed by atoms with Crippen LogP contribution in [0.3, 0.4) is 0 Å². The van der Waals surface area contributed by atoms with E-state index in [9.17, 15) is 18.0 Å².